The lowest BCUT2D eigenvalue weighted by Crippen LogP contribution is -2.21. The van der Waals surface area contributed by atoms with Gasteiger partial charge in [0.05, 0.1) is 0 Å². The van der Waals surface area contributed by atoms with Gasteiger partial charge in [0.1, 0.15) is 17.7 Å². The van der Waals surface area contributed by atoms with Gasteiger partial charge in [-0.2, -0.15) is 31.4 Å². The number of anilines is 2. The Labute approximate surface area is 292 Å². The van der Waals surface area contributed by atoms with Gasteiger partial charge in [0, 0.05) is 42.0 Å². The third-order valence-electron chi connectivity index (χ3n) is 7.11. The molecule has 52 heavy (non-hydrogen) atoms. The Morgan fingerprint density at radius 2 is 1.56 bits per heavy atom. The van der Waals surface area contributed by atoms with E-state index in [2.05, 4.69) is 34.3 Å². The van der Waals surface area contributed by atoms with Gasteiger partial charge in [-0.05, 0) is 73.4 Å². The molecule has 1 atom stereocenters. The molecule has 0 radical (unpaired) electrons. The first-order chi connectivity index (χ1) is 24.2. The quantitative estimate of drug-likeness (QED) is 0.124. The molecule has 1 unspecified atom stereocenters. The van der Waals surface area contributed by atoms with Crippen molar-refractivity contribution >= 4 is 34.2 Å². The number of nitrogens with one attached hydrogen (secondary N) is 1. The van der Waals surface area contributed by atoms with Crippen LogP contribution in [0.1, 0.15) is 35.5 Å². The molecule has 0 aliphatic carbocycles. The Kier molecular flexibility index (Phi) is 13.3. The van der Waals surface area contributed by atoms with Gasteiger partial charge in [0.25, 0.3) is 0 Å². The van der Waals surface area contributed by atoms with Crippen LogP contribution in [0.25, 0.3) is 22.2 Å². The zero-order chi connectivity index (χ0) is 39.0. The van der Waals surface area contributed by atoms with Crippen LogP contribution < -0.4 is 11.1 Å². The number of fused-ring (bicyclic) bond motifs is 1. The van der Waals surface area contributed by atoms with E-state index in [9.17, 15) is 26.3 Å². The van der Waals surface area contributed by atoms with Crippen LogP contribution in [-0.2, 0) is 29.6 Å². The maximum atomic E-state index is 15.4. The number of nitrogens with two attached hydrogens (primary N) is 1. The molecule has 5 rings (SSSR count). The third kappa shape index (κ3) is 11.1. The minimum atomic E-state index is -5.08. The van der Waals surface area contributed by atoms with Gasteiger partial charge < -0.3 is 26.2 Å². The van der Waals surface area contributed by atoms with Crippen molar-refractivity contribution in [2.75, 3.05) is 25.1 Å². The highest BCUT2D eigenvalue weighted by atomic mass is 19.4. The number of benzene rings is 3. The molecule has 0 amide bonds. The van der Waals surface area contributed by atoms with Crippen LogP contribution in [-0.4, -0.2) is 73.2 Å². The van der Waals surface area contributed by atoms with Crippen molar-refractivity contribution in [1.29, 1.82) is 0 Å². The average Bonchev–Trinajstić information content (AvgIpc) is 3.44. The number of aliphatic carboxylic acids is 2. The summed E-state index contributed by atoms with van der Waals surface area (Å²) >= 11 is 0. The first kappa shape index (κ1) is 40.6. The summed E-state index contributed by atoms with van der Waals surface area (Å²) in [5, 5.41) is 24.3. The predicted molar refractivity (Wildman–Crippen MR) is 179 cm³/mol. The SMILES string of the molecule is CCc1ccc(F)c(C(Nc2ccc3c(N)nccc3c2)c2nc(-c3cccc(CN(C)C)c3)nn2C)c1.O=C(O)C(F)(F)F.O=C(O)C(F)(F)F. The van der Waals surface area contributed by atoms with E-state index in [1.807, 2.05) is 69.7 Å². The van der Waals surface area contributed by atoms with Crippen LogP contribution in [0.2, 0.25) is 0 Å². The number of aromatic nitrogens is 4. The maximum absolute atomic E-state index is 15.4. The molecule has 2 heterocycles. The lowest BCUT2D eigenvalue weighted by Gasteiger charge is -2.21. The zero-order valence-corrected chi connectivity index (χ0v) is 28.1. The maximum Gasteiger partial charge on any atom is 0.490 e. The van der Waals surface area contributed by atoms with E-state index >= 15 is 4.39 Å². The number of aryl methyl sites for hydroxylation is 2. The molecule has 0 bridgehead atoms. The minimum Gasteiger partial charge on any atom is -0.475 e. The Balaban J connectivity index is 0.000000441. The van der Waals surface area contributed by atoms with Crippen LogP contribution in [0.5, 0.6) is 0 Å². The second-order valence-corrected chi connectivity index (χ2v) is 11.4. The number of hydrogen-bond acceptors (Lipinski definition) is 8. The van der Waals surface area contributed by atoms with Crippen molar-refractivity contribution in [3.63, 3.8) is 0 Å². The topological polar surface area (TPSA) is 159 Å². The minimum absolute atomic E-state index is 0.300. The number of hydrogen-bond donors (Lipinski definition) is 4. The van der Waals surface area contributed by atoms with Gasteiger partial charge in [-0.25, -0.2) is 23.9 Å². The number of carboxylic acids is 2. The lowest BCUT2D eigenvalue weighted by molar-refractivity contribution is -0.193. The number of nitrogens with zero attached hydrogens (tertiary/aromatic N) is 5. The van der Waals surface area contributed by atoms with E-state index in [4.69, 9.17) is 35.6 Å². The van der Waals surface area contributed by atoms with Crippen LogP contribution >= 0.6 is 0 Å². The van der Waals surface area contributed by atoms with Gasteiger partial charge in [-0.15, -0.1) is 0 Å². The molecule has 0 fully saturated rings. The molecule has 18 heteroatoms. The number of nitrogen functional groups attached to an aromatic ring is 1. The number of carboxylic acid groups (broad SMARTS) is 2. The monoisotopic (exact) mass is 737 g/mol. The van der Waals surface area contributed by atoms with Crippen LogP contribution in [0.4, 0.5) is 42.2 Å². The number of alkyl halides is 6. The summed E-state index contributed by atoms with van der Waals surface area (Å²) in [5.41, 5.74) is 10.5. The summed E-state index contributed by atoms with van der Waals surface area (Å²) in [6, 6.07) is 20.6. The second-order valence-electron chi connectivity index (χ2n) is 11.4. The summed E-state index contributed by atoms with van der Waals surface area (Å²) in [5.74, 6) is -4.13. The summed E-state index contributed by atoms with van der Waals surface area (Å²) < 4.78 is 80.6. The molecule has 2 aromatic heterocycles. The number of pyridine rings is 1. The van der Waals surface area contributed by atoms with Crippen molar-refractivity contribution in [2.24, 2.45) is 7.05 Å². The van der Waals surface area contributed by atoms with Gasteiger partial charge in [-0.3, -0.25) is 4.68 Å². The van der Waals surface area contributed by atoms with Crippen molar-refractivity contribution in [2.45, 2.75) is 38.3 Å². The highest BCUT2D eigenvalue weighted by Crippen LogP contribution is 2.32. The average molecular weight is 738 g/mol. The molecule has 278 valence electrons. The normalized spacial score (nSPS) is 12.0. The molecule has 3 aromatic carbocycles. The number of carbonyl (C=O) groups is 2. The summed E-state index contributed by atoms with van der Waals surface area (Å²) in [7, 11) is 5.92. The van der Waals surface area contributed by atoms with E-state index < -0.39 is 30.3 Å². The standard InChI is InChI=1S/C30H32FN7.2C2HF3O2/c1-5-19-9-12-26(31)25(16-19)27(34-23-10-11-24-21(17-23)13-14-33-28(24)32)30-35-29(36-38(30)4)22-8-6-7-20(15-22)18-37(2)3;2*3-2(4,5)1(6)7/h6-17,27,34H,5,18H2,1-4H3,(H2,32,33);2*(H,6,7). The largest absolute Gasteiger partial charge is 0.490 e. The summed E-state index contributed by atoms with van der Waals surface area (Å²) in [6.07, 6.45) is -7.69. The molecule has 5 N–H and O–H groups in total. The summed E-state index contributed by atoms with van der Waals surface area (Å²) in [4.78, 5) is 29.0. The molecule has 11 nitrogen and oxygen atoms in total. The lowest BCUT2D eigenvalue weighted by atomic mass is 10.0. The Bertz CT molecular complexity index is 1990. The van der Waals surface area contributed by atoms with Gasteiger partial charge >= 0.3 is 24.3 Å². The van der Waals surface area contributed by atoms with Gasteiger partial charge in [0.2, 0.25) is 0 Å². The number of halogens is 7. The van der Waals surface area contributed by atoms with E-state index in [0.717, 1.165) is 40.6 Å². The van der Waals surface area contributed by atoms with Crippen molar-refractivity contribution in [3.8, 4) is 11.4 Å². The Morgan fingerprint density at radius 1 is 0.923 bits per heavy atom. The van der Waals surface area contributed by atoms with Crippen LogP contribution in [0.3, 0.4) is 0 Å². The fourth-order valence-corrected chi connectivity index (χ4v) is 4.72. The van der Waals surface area contributed by atoms with Gasteiger partial charge in [-0.1, -0.05) is 37.3 Å². The van der Waals surface area contributed by atoms with E-state index in [1.54, 1.807) is 10.9 Å². The molecule has 0 aliphatic rings. The first-order valence-electron chi connectivity index (χ1n) is 15.2. The molecule has 0 spiro atoms. The smallest absolute Gasteiger partial charge is 0.475 e. The fraction of sp³-hybridized carbons (Fsp3) is 0.265. The van der Waals surface area contributed by atoms with Crippen molar-refractivity contribution in [1.82, 2.24) is 24.6 Å². The van der Waals surface area contributed by atoms with E-state index in [1.165, 1.54) is 11.6 Å². The van der Waals surface area contributed by atoms with Crippen molar-refractivity contribution < 1.29 is 50.5 Å². The zero-order valence-electron chi connectivity index (χ0n) is 28.1. The highest BCUT2D eigenvalue weighted by molar-refractivity contribution is 5.93. The second kappa shape index (κ2) is 17.0. The van der Waals surface area contributed by atoms with Crippen molar-refractivity contribution in [3.05, 3.63) is 101 Å². The van der Waals surface area contributed by atoms with Crippen LogP contribution in [0, 0.1) is 5.82 Å². The summed E-state index contributed by atoms with van der Waals surface area (Å²) in [6.45, 7) is 2.87. The third-order valence-corrected chi connectivity index (χ3v) is 7.11. The molecule has 0 aliphatic heterocycles. The van der Waals surface area contributed by atoms with Gasteiger partial charge in [0.15, 0.2) is 11.6 Å². The molecular weight excluding hydrogens is 703 g/mol. The predicted octanol–water partition coefficient (Wildman–Crippen LogP) is 6.84. The van der Waals surface area contributed by atoms with E-state index in [0.29, 0.717) is 23.0 Å². The number of rotatable bonds is 8. The first-order valence-corrected chi connectivity index (χ1v) is 15.2. The fourth-order valence-electron chi connectivity index (χ4n) is 4.72. The molecule has 0 saturated carbocycles. The highest BCUT2D eigenvalue weighted by Gasteiger charge is 2.39. The molecular formula is C34H34F7N7O4. The van der Waals surface area contributed by atoms with E-state index in [-0.39, 0.29) is 5.82 Å². The van der Waals surface area contributed by atoms with Crippen LogP contribution in [0.15, 0.2) is 72.9 Å². The molecule has 0 saturated heterocycles. The Hall–Kier alpha value is -5.78. The Morgan fingerprint density at radius 3 is 2.13 bits per heavy atom. The molecule has 5 aromatic rings.